The number of aryl methyl sites for hydroxylation is 1. The van der Waals surface area contributed by atoms with Crippen LogP contribution in [0, 0.1) is 6.92 Å². The van der Waals surface area contributed by atoms with E-state index in [0.29, 0.717) is 0 Å². The first-order chi connectivity index (χ1) is 10.2. The first kappa shape index (κ1) is 13.8. The van der Waals surface area contributed by atoms with Gasteiger partial charge in [0.25, 0.3) is 0 Å². The Balaban J connectivity index is 2.04. The van der Waals surface area contributed by atoms with Crippen LogP contribution in [0.4, 0.5) is 17.1 Å². The van der Waals surface area contributed by atoms with Gasteiger partial charge in [0.1, 0.15) is 0 Å². The fourth-order valence-corrected chi connectivity index (χ4v) is 2.72. The van der Waals surface area contributed by atoms with Crippen LogP contribution in [-0.4, -0.2) is 11.2 Å². The first-order valence-electron chi connectivity index (χ1n) is 6.74. The highest BCUT2D eigenvalue weighted by molar-refractivity contribution is 7.98. The lowest BCUT2D eigenvalue weighted by Gasteiger charge is -2.11. The molecule has 0 spiro atoms. The van der Waals surface area contributed by atoms with Gasteiger partial charge < -0.3 is 11.1 Å². The molecule has 21 heavy (non-hydrogen) atoms. The lowest BCUT2D eigenvalue weighted by atomic mass is 10.1. The SMILES string of the molecule is CSc1ccc(Nc2cc(C)nc3ccc(N)cc23)cc1. The summed E-state index contributed by atoms with van der Waals surface area (Å²) in [7, 11) is 0. The van der Waals surface area contributed by atoms with E-state index in [1.165, 1.54) is 4.90 Å². The van der Waals surface area contributed by atoms with Crippen molar-refractivity contribution >= 4 is 39.7 Å². The van der Waals surface area contributed by atoms with Crippen LogP contribution in [0.2, 0.25) is 0 Å². The van der Waals surface area contributed by atoms with Crippen LogP contribution >= 0.6 is 11.8 Å². The van der Waals surface area contributed by atoms with Crippen molar-refractivity contribution in [3.05, 3.63) is 54.2 Å². The van der Waals surface area contributed by atoms with Crippen LogP contribution in [0.3, 0.4) is 0 Å². The molecule has 0 amide bonds. The minimum absolute atomic E-state index is 0.744. The van der Waals surface area contributed by atoms with Crippen molar-refractivity contribution in [3.8, 4) is 0 Å². The molecule has 0 aliphatic heterocycles. The van der Waals surface area contributed by atoms with Gasteiger partial charge in [0.05, 0.1) is 5.52 Å². The molecule has 0 saturated heterocycles. The average Bonchev–Trinajstić information content (AvgIpc) is 2.49. The van der Waals surface area contributed by atoms with E-state index in [4.69, 9.17) is 5.73 Å². The Morgan fingerprint density at radius 1 is 1.05 bits per heavy atom. The number of nitrogen functional groups attached to an aromatic ring is 1. The molecule has 3 N–H and O–H groups in total. The van der Waals surface area contributed by atoms with Gasteiger partial charge in [0.2, 0.25) is 0 Å². The van der Waals surface area contributed by atoms with Gasteiger partial charge in [-0.05, 0) is 61.7 Å². The number of pyridine rings is 1. The highest BCUT2D eigenvalue weighted by Gasteiger charge is 2.05. The highest BCUT2D eigenvalue weighted by atomic mass is 32.2. The molecule has 4 heteroatoms. The predicted octanol–water partition coefficient (Wildman–Crippen LogP) is 4.59. The molecule has 0 aliphatic rings. The van der Waals surface area contributed by atoms with Crippen molar-refractivity contribution in [3.63, 3.8) is 0 Å². The van der Waals surface area contributed by atoms with Crippen LogP contribution in [0.25, 0.3) is 10.9 Å². The van der Waals surface area contributed by atoms with Gasteiger partial charge in [-0.2, -0.15) is 0 Å². The minimum Gasteiger partial charge on any atom is -0.399 e. The van der Waals surface area contributed by atoms with E-state index in [1.54, 1.807) is 11.8 Å². The smallest absolute Gasteiger partial charge is 0.0727 e. The Labute approximate surface area is 128 Å². The van der Waals surface area contributed by atoms with E-state index in [2.05, 4.69) is 40.8 Å². The summed E-state index contributed by atoms with van der Waals surface area (Å²) < 4.78 is 0. The van der Waals surface area contributed by atoms with Gasteiger partial charge in [-0.25, -0.2) is 0 Å². The van der Waals surface area contributed by atoms with Gasteiger partial charge >= 0.3 is 0 Å². The van der Waals surface area contributed by atoms with Crippen molar-refractivity contribution in [1.29, 1.82) is 0 Å². The van der Waals surface area contributed by atoms with Gasteiger partial charge in [0, 0.05) is 33.0 Å². The Morgan fingerprint density at radius 2 is 1.81 bits per heavy atom. The molecule has 1 aromatic heterocycles. The number of anilines is 3. The average molecular weight is 295 g/mol. The van der Waals surface area contributed by atoms with Crippen LogP contribution < -0.4 is 11.1 Å². The monoisotopic (exact) mass is 295 g/mol. The zero-order valence-corrected chi connectivity index (χ0v) is 12.9. The summed E-state index contributed by atoms with van der Waals surface area (Å²) in [5, 5.41) is 4.50. The Bertz CT molecular complexity index is 782. The molecule has 3 rings (SSSR count). The number of nitrogens with two attached hydrogens (primary N) is 1. The van der Waals surface area contributed by atoms with E-state index in [1.807, 2.05) is 31.2 Å². The van der Waals surface area contributed by atoms with E-state index in [9.17, 15) is 0 Å². The normalized spacial score (nSPS) is 10.8. The van der Waals surface area contributed by atoms with Gasteiger partial charge in [0.15, 0.2) is 0 Å². The molecule has 2 aromatic carbocycles. The number of fused-ring (bicyclic) bond motifs is 1. The Kier molecular flexibility index (Phi) is 3.71. The summed E-state index contributed by atoms with van der Waals surface area (Å²) >= 11 is 1.74. The molecule has 0 bridgehead atoms. The van der Waals surface area contributed by atoms with Gasteiger partial charge in [-0.15, -0.1) is 11.8 Å². The third-order valence-electron chi connectivity index (χ3n) is 3.33. The summed E-state index contributed by atoms with van der Waals surface area (Å²) in [5.74, 6) is 0. The zero-order valence-electron chi connectivity index (χ0n) is 12.1. The van der Waals surface area contributed by atoms with Crippen LogP contribution in [0.15, 0.2) is 53.4 Å². The maximum absolute atomic E-state index is 5.90. The third kappa shape index (κ3) is 2.95. The van der Waals surface area contributed by atoms with Gasteiger partial charge in [-0.3, -0.25) is 4.98 Å². The van der Waals surface area contributed by atoms with Crippen molar-refractivity contribution in [1.82, 2.24) is 4.98 Å². The van der Waals surface area contributed by atoms with Crippen molar-refractivity contribution < 1.29 is 0 Å². The highest BCUT2D eigenvalue weighted by Crippen LogP contribution is 2.28. The van der Waals surface area contributed by atoms with E-state index in [0.717, 1.165) is 33.7 Å². The lowest BCUT2D eigenvalue weighted by molar-refractivity contribution is 1.25. The molecule has 1 heterocycles. The quantitative estimate of drug-likeness (QED) is 0.548. The van der Waals surface area contributed by atoms with E-state index < -0.39 is 0 Å². The predicted molar refractivity (Wildman–Crippen MR) is 92.4 cm³/mol. The molecule has 106 valence electrons. The lowest BCUT2D eigenvalue weighted by Crippen LogP contribution is -1.95. The number of hydrogen-bond donors (Lipinski definition) is 2. The van der Waals surface area contributed by atoms with Crippen molar-refractivity contribution in [2.75, 3.05) is 17.3 Å². The molecule has 0 radical (unpaired) electrons. The zero-order chi connectivity index (χ0) is 14.8. The molecule has 0 aliphatic carbocycles. The Morgan fingerprint density at radius 3 is 2.52 bits per heavy atom. The molecular weight excluding hydrogens is 278 g/mol. The number of aromatic nitrogens is 1. The number of nitrogens with zero attached hydrogens (tertiary/aromatic N) is 1. The van der Waals surface area contributed by atoms with E-state index >= 15 is 0 Å². The summed E-state index contributed by atoms with van der Waals surface area (Å²) in [4.78, 5) is 5.80. The second-order valence-electron chi connectivity index (χ2n) is 4.94. The fourth-order valence-electron chi connectivity index (χ4n) is 2.31. The summed E-state index contributed by atoms with van der Waals surface area (Å²) in [6.07, 6.45) is 2.07. The second kappa shape index (κ2) is 5.66. The minimum atomic E-state index is 0.744. The molecule has 0 unspecified atom stereocenters. The number of benzene rings is 2. The number of nitrogens with one attached hydrogen (secondary N) is 1. The topological polar surface area (TPSA) is 50.9 Å². The summed E-state index contributed by atoms with van der Waals surface area (Å²) in [6.45, 7) is 2.00. The van der Waals surface area contributed by atoms with Crippen molar-refractivity contribution in [2.45, 2.75) is 11.8 Å². The Hall–Kier alpha value is -2.20. The van der Waals surface area contributed by atoms with Crippen LogP contribution in [0.1, 0.15) is 5.69 Å². The number of thioether (sulfide) groups is 1. The third-order valence-corrected chi connectivity index (χ3v) is 4.07. The van der Waals surface area contributed by atoms with Crippen LogP contribution in [-0.2, 0) is 0 Å². The van der Waals surface area contributed by atoms with Crippen LogP contribution in [0.5, 0.6) is 0 Å². The largest absolute Gasteiger partial charge is 0.399 e. The first-order valence-corrected chi connectivity index (χ1v) is 7.96. The number of hydrogen-bond acceptors (Lipinski definition) is 4. The number of rotatable bonds is 3. The molecule has 0 saturated carbocycles. The van der Waals surface area contributed by atoms with Gasteiger partial charge in [-0.1, -0.05) is 0 Å². The molecular formula is C17H17N3S. The molecule has 3 aromatic rings. The molecule has 0 atom stereocenters. The standard InChI is InChI=1S/C17H17N3S/c1-11-9-17(15-10-12(18)3-8-16(15)19-11)20-13-4-6-14(21-2)7-5-13/h3-10H,18H2,1-2H3,(H,19,20). The van der Waals surface area contributed by atoms with Crippen molar-refractivity contribution in [2.24, 2.45) is 0 Å². The van der Waals surface area contributed by atoms with E-state index in [-0.39, 0.29) is 0 Å². The second-order valence-corrected chi connectivity index (χ2v) is 5.82. The molecule has 0 fully saturated rings. The maximum Gasteiger partial charge on any atom is 0.0727 e. The fraction of sp³-hybridized carbons (Fsp3) is 0.118. The molecule has 3 nitrogen and oxygen atoms in total. The maximum atomic E-state index is 5.90. The summed E-state index contributed by atoms with van der Waals surface area (Å²) in [6, 6.07) is 16.2. The summed E-state index contributed by atoms with van der Waals surface area (Å²) in [5.41, 5.74) is 10.7.